The minimum absolute atomic E-state index is 0.198. The molecule has 0 spiro atoms. The van der Waals surface area contributed by atoms with E-state index in [1.807, 2.05) is 18.2 Å². The smallest absolute Gasteiger partial charge is 0.134 e. The Morgan fingerprint density at radius 2 is 2.13 bits per heavy atom. The van der Waals surface area contributed by atoms with E-state index in [0.717, 1.165) is 6.42 Å². The van der Waals surface area contributed by atoms with Crippen molar-refractivity contribution in [3.63, 3.8) is 0 Å². The van der Waals surface area contributed by atoms with Gasteiger partial charge in [0.1, 0.15) is 6.23 Å². The lowest BCUT2D eigenvalue weighted by atomic mass is 10.1. The van der Waals surface area contributed by atoms with Crippen molar-refractivity contribution in [2.75, 3.05) is 6.61 Å². The fourth-order valence-corrected chi connectivity index (χ4v) is 1.82. The zero-order valence-electron chi connectivity index (χ0n) is 8.89. The van der Waals surface area contributed by atoms with Gasteiger partial charge in [0, 0.05) is 12.5 Å². The van der Waals surface area contributed by atoms with E-state index in [9.17, 15) is 5.11 Å². The van der Waals surface area contributed by atoms with E-state index in [1.165, 1.54) is 5.56 Å². The van der Waals surface area contributed by atoms with E-state index in [2.05, 4.69) is 24.4 Å². The van der Waals surface area contributed by atoms with Crippen molar-refractivity contribution in [3.8, 4) is 0 Å². The maximum Gasteiger partial charge on any atom is 0.134 e. The molecule has 0 saturated carbocycles. The highest BCUT2D eigenvalue weighted by atomic mass is 16.5. The summed E-state index contributed by atoms with van der Waals surface area (Å²) in [5.41, 5.74) is 1.21. The number of benzene rings is 1. The lowest BCUT2D eigenvalue weighted by molar-refractivity contribution is 0.0122. The van der Waals surface area contributed by atoms with E-state index in [-0.39, 0.29) is 18.4 Å². The molecule has 0 radical (unpaired) electrons. The highest BCUT2D eigenvalue weighted by Crippen LogP contribution is 2.17. The minimum Gasteiger partial charge on any atom is -0.389 e. The third kappa shape index (κ3) is 2.56. The van der Waals surface area contributed by atoms with Crippen LogP contribution in [-0.2, 0) is 4.74 Å². The molecule has 1 saturated heterocycles. The van der Waals surface area contributed by atoms with Crippen LogP contribution in [0, 0.1) is 0 Å². The van der Waals surface area contributed by atoms with Crippen LogP contribution in [0.15, 0.2) is 30.3 Å². The summed E-state index contributed by atoms with van der Waals surface area (Å²) in [5, 5.41) is 12.9. The molecule has 3 unspecified atom stereocenters. The summed E-state index contributed by atoms with van der Waals surface area (Å²) in [7, 11) is 0. The van der Waals surface area contributed by atoms with Crippen LogP contribution >= 0.6 is 0 Å². The maximum atomic E-state index is 9.60. The first-order valence-corrected chi connectivity index (χ1v) is 5.38. The third-order valence-electron chi connectivity index (χ3n) is 2.77. The van der Waals surface area contributed by atoms with Gasteiger partial charge in [0.25, 0.3) is 0 Å². The van der Waals surface area contributed by atoms with E-state index < -0.39 is 0 Å². The highest BCUT2D eigenvalue weighted by Gasteiger charge is 2.27. The van der Waals surface area contributed by atoms with Gasteiger partial charge in [-0.1, -0.05) is 30.3 Å². The molecular formula is C12H17NO2. The average molecular weight is 207 g/mol. The molecule has 1 aromatic carbocycles. The van der Waals surface area contributed by atoms with Crippen molar-refractivity contribution < 1.29 is 9.84 Å². The summed E-state index contributed by atoms with van der Waals surface area (Å²) < 4.78 is 5.40. The SMILES string of the molecule is CC(NC1OCCC1O)c1ccccc1. The lowest BCUT2D eigenvalue weighted by Gasteiger charge is -2.21. The Kier molecular flexibility index (Phi) is 3.36. The first kappa shape index (κ1) is 10.6. The molecule has 15 heavy (non-hydrogen) atoms. The molecule has 1 heterocycles. The summed E-state index contributed by atoms with van der Waals surface area (Å²) in [6, 6.07) is 10.4. The molecule has 3 nitrogen and oxygen atoms in total. The molecule has 1 aromatic rings. The monoisotopic (exact) mass is 207 g/mol. The number of aliphatic hydroxyl groups is 1. The zero-order chi connectivity index (χ0) is 10.7. The molecule has 1 fully saturated rings. The number of nitrogens with one attached hydrogen (secondary N) is 1. The molecule has 1 aliphatic heterocycles. The third-order valence-corrected chi connectivity index (χ3v) is 2.77. The number of hydrogen-bond acceptors (Lipinski definition) is 3. The molecule has 0 aromatic heterocycles. The Morgan fingerprint density at radius 1 is 1.40 bits per heavy atom. The van der Waals surface area contributed by atoms with Gasteiger partial charge < -0.3 is 9.84 Å². The molecule has 1 aliphatic rings. The van der Waals surface area contributed by atoms with Crippen molar-refractivity contribution in [3.05, 3.63) is 35.9 Å². The van der Waals surface area contributed by atoms with Crippen molar-refractivity contribution in [1.82, 2.24) is 5.32 Å². The summed E-state index contributed by atoms with van der Waals surface area (Å²) in [4.78, 5) is 0. The predicted octanol–water partition coefficient (Wildman–Crippen LogP) is 1.44. The molecule has 82 valence electrons. The normalized spacial score (nSPS) is 27.9. The van der Waals surface area contributed by atoms with Gasteiger partial charge in [-0.25, -0.2) is 0 Å². The number of aliphatic hydroxyl groups excluding tert-OH is 1. The summed E-state index contributed by atoms with van der Waals surface area (Å²) >= 11 is 0. The van der Waals surface area contributed by atoms with Crippen LogP contribution in [0.3, 0.4) is 0 Å². The number of ether oxygens (including phenoxy) is 1. The van der Waals surface area contributed by atoms with Gasteiger partial charge in [-0.15, -0.1) is 0 Å². The van der Waals surface area contributed by atoms with Crippen molar-refractivity contribution >= 4 is 0 Å². The number of rotatable bonds is 3. The fourth-order valence-electron chi connectivity index (χ4n) is 1.82. The molecule has 3 heteroatoms. The van der Waals surface area contributed by atoms with Gasteiger partial charge in [0.15, 0.2) is 0 Å². The van der Waals surface area contributed by atoms with Crippen molar-refractivity contribution in [1.29, 1.82) is 0 Å². The Labute approximate surface area is 90.1 Å². The summed E-state index contributed by atoms with van der Waals surface area (Å²) in [6.07, 6.45) is 0.121. The minimum atomic E-state index is -0.379. The van der Waals surface area contributed by atoms with Crippen LogP contribution in [0.1, 0.15) is 24.9 Å². The largest absolute Gasteiger partial charge is 0.389 e. The van der Waals surface area contributed by atoms with E-state index in [4.69, 9.17) is 4.74 Å². The molecular weight excluding hydrogens is 190 g/mol. The first-order valence-electron chi connectivity index (χ1n) is 5.38. The second-order valence-corrected chi connectivity index (χ2v) is 3.95. The van der Waals surface area contributed by atoms with E-state index in [1.54, 1.807) is 0 Å². The Bertz CT molecular complexity index is 302. The molecule has 3 atom stereocenters. The van der Waals surface area contributed by atoms with Crippen molar-refractivity contribution in [2.24, 2.45) is 0 Å². The second kappa shape index (κ2) is 4.75. The summed E-state index contributed by atoms with van der Waals surface area (Å²) in [5.74, 6) is 0. The van der Waals surface area contributed by atoms with Gasteiger partial charge in [-0.3, -0.25) is 5.32 Å². The van der Waals surface area contributed by atoms with Crippen molar-refractivity contribution in [2.45, 2.75) is 31.7 Å². The van der Waals surface area contributed by atoms with Crippen LogP contribution in [0.5, 0.6) is 0 Å². The first-order chi connectivity index (χ1) is 7.27. The molecule has 0 amide bonds. The van der Waals surface area contributed by atoms with E-state index in [0.29, 0.717) is 6.61 Å². The molecule has 0 aliphatic carbocycles. The zero-order valence-corrected chi connectivity index (χ0v) is 8.89. The Hall–Kier alpha value is -0.900. The highest BCUT2D eigenvalue weighted by molar-refractivity contribution is 5.18. The predicted molar refractivity (Wildman–Crippen MR) is 58.4 cm³/mol. The lowest BCUT2D eigenvalue weighted by Crippen LogP contribution is -2.38. The quantitative estimate of drug-likeness (QED) is 0.788. The fraction of sp³-hybridized carbons (Fsp3) is 0.500. The van der Waals surface area contributed by atoms with Gasteiger partial charge in [0.05, 0.1) is 12.7 Å². The van der Waals surface area contributed by atoms with Crippen LogP contribution in [-0.4, -0.2) is 24.0 Å². The topological polar surface area (TPSA) is 41.5 Å². The Balaban J connectivity index is 1.95. The van der Waals surface area contributed by atoms with Crippen LogP contribution in [0.2, 0.25) is 0 Å². The van der Waals surface area contributed by atoms with Gasteiger partial charge >= 0.3 is 0 Å². The van der Waals surface area contributed by atoms with Gasteiger partial charge in [0.2, 0.25) is 0 Å². The second-order valence-electron chi connectivity index (χ2n) is 3.95. The van der Waals surface area contributed by atoms with Gasteiger partial charge in [-0.05, 0) is 12.5 Å². The number of hydrogen-bond donors (Lipinski definition) is 2. The maximum absolute atomic E-state index is 9.60. The Morgan fingerprint density at radius 3 is 2.73 bits per heavy atom. The average Bonchev–Trinajstić information content (AvgIpc) is 2.66. The standard InChI is InChI=1S/C12H17NO2/c1-9(10-5-3-2-4-6-10)13-12-11(14)7-8-15-12/h2-6,9,11-14H,7-8H2,1H3. The molecule has 0 bridgehead atoms. The van der Waals surface area contributed by atoms with E-state index >= 15 is 0 Å². The molecule has 2 N–H and O–H groups in total. The summed E-state index contributed by atoms with van der Waals surface area (Å²) in [6.45, 7) is 2.71. The molecule has 2 rings (SSSR count). The van der Waals surface area contributed by atoms with Crippen LogP contribution in [0.4, 0.5) is 0 Å². The van der Waals surface area contributed by atoms with Crippen LogP contribution in [0.25, 0.3) is 0 Å². The van der Waals surface area contributed by atoms with Gasteiger partial charge in [-0.2, -0.15) is 0 Å². The van der Waals surface area contributed by atoms with Crippen LogP contribution < -0.4 is 5.32 Å².